The lowest BCUT2D eigenvalue weighted by molar-refractivity contribution is -0.144. The number of carbonyl (C=O) groups is 2. The molecule has 2 unspecified atom stereocenters. The first-order chi connectivity index (χ1) is 9.02. The Bertz CT molecular complexity index is 341. The second kappa shape index (κ2) is 8.27. The standard InChI is InChI=1S/C12H21NO5S/c1-9(12(15)17-2)7-19(16)8-11(14)13-10-3-5-18-6-4-10/h9-10H,3-8H2,1-2H3,(H,13,14). The fraction of sp³-hybridized carbons (Fsp3) is 0.833. The van der Waals surface area contributed by atoms with Crippen molar-refractivity contribution in [3.05, 3.63) is 0 Å². The minimum atomic E-state index is -1.35. The van der Waals surface area contributed by atoms with Gasteiger partial charge in [-0.25, -0.2) is 0 Å². The third-order valence-corrected chi connectivity index (χ3v) is 4.37. The van der Waals surface area contributed by atoms with Crippen LogP contribution in [0.5, 0.6) is 0 Å². The normalized spacial score (nSPS) is 19.5. The van der Waals surface area contributed by atoms with Gasteiger partial charge in [0.15, 0.2) is 0 Å². The maximum absolute atomic E-state index is 11.7. The predicted molar refractivity (Wildman–Crippen MR) is 71.0 cm³/mol. The van der Waals surface area contributed by atoms with Crippen LogP contribution < -0.4 is 5.32 Å². The number of nitrogens with one attached hydrogen (secondary N) is 1. The molecule has 110 valence electrons. The Morgan fingerprint density at radius 1 is 1.42 bits per heavy atom. The highest BCUT2D eigenvalue weighted by Gasteiger charge is 2.20. The van der Waals surface area contributed by atoms with Gasteiger partial charge in [-0.2, -0.15) is 0 Å². The highest BCUT2D eigenvalue weighted by atomic mass is 32.2. The molecule has 1 amide bonds. The molecule has 0 saturated carbocycles. The van der Waals surface area contributed by atoms with Crippen molar-refractivity contribution in [2.45, 2.75) is 25.8 Å². The van der Waals surface area contributed by atoms with E-state index < -0.39 is 22.7 Å². The summed E-state index contributed by atoms with van der Waals surface area (Å²) < 4.78 is 21.5. The Morgan fingerprint density at radius 2 is 2.05 bits per heavy atom. The van der Waals surface area contributed by atoms with Gasteiger partial charge in [-0.15, -0.1) is 0 Å². The predicted octanol–water partition coefficient (Wildman–Crippen LogP) is -0.161. The maximum atomic E-state index is 11.7. The van der Waals surface area contributed by atoms with Crippen molar-refractivity contribution in [2.75, 3.05) is 31.8 Å². The van der Waals surface area contributed by atoms with Gasteiger partial charge in [-0.1, -0.05) is 6.92 Å². The smallest absolute Gasteiger partial charge is 0.309 e. The molecule has 0 aromatic carbocycles. The number of esters is 1. The first kappa shape index (κ1) is 16.1. The zero-order chi connectivity index (χ0) is 14.3. The first-order valence-electron chi connectivity index (χ1n) is 6.32. The van der Waals surface area contributed by atoms with Crippen molar-refractivity contribution in [3.63, 3.8) is 0 Å². The number of hydrogen-bond donors (Lipinski definition) is 1. The Morgan fingerprint density at radius 3 is 2.63 bits per heavy atom. The second-order valence-corrected chi connectivity index (χ2v) is 6.13. The van der Waals surface area contributed by atoms with Gasteiger partial charge in [0.25, 0.3) is 0 Å². The third kappa shape index (κ3) is 6.15. The van der Waals surface area contributed by atoms with Gasteiger partial charge in [0.2, 0.25) is 5.91 Å². The van der Waals surface area contributed by atoms with Gasteiger partial charge in [-0.05, 0) is 12.8 Å². The average molecular weight is 291 g/mol. The molecule has 0 radical (unpaired) electrons. The summed E-state index contributed by atoms with van der Waals surface area (Å²) in [4.78, 5) is 22.9. The first-order valence-corrected chi connectivity index (χ1v) is 7.81. The number of ether oxygens (including phenoxy) is 2. The molecule has 19 heavy (non-hydrogen) atoms. The highest BCUT2D eigenvalue weighted by molar-refractivity contribution is 7.85. The van der Waals surface area contributed by atoms with Crippen LogP contribution in [0.1, 0.15) is 19.8 Å². The third-order valence-electron chi connectivity index (χ3n) is 2.92. The van der Waals surface area contributed by atoms with Crippen LogP contribution in [0.3, 0.4) is 0 Å². The molecule has 1 aliphatic rings. The van der Waals surface area contributed by atoms with E-state index in [2.05, 4.69) is 10.1 Å². The molecule has 1 heterocycles. The summed E-state index contributed by atoms with van der Waals surface area (Å²) in [5.74, 6) is -1.02. The molecule has 7 heteroatoms. The van der Waals surface area contributed by atoms with E-state index in [0.717, 1.165) is 12.8 Å². The molecular formula is C12H21NO5S. The molecule has 1 rings (SSSR count). The second-order valence-electron chi connectivity index (χ2n) is 4.63. The minimum absolute atomic E-state index is 0.0707. The Hall–Kier alpha value is -0.950. The van der Waals surface area contributed by atoms with E-state index in [1.165, 1.54) is 7.11 Å². The molecule has 2 atom stereocenters. The van der Waals surface area contributed by atoms with Crippen LogP contribution in [0.25, 0.3) is 0 Å². The number of rotatable bonds is 6. The highest BCUT2D eigenvalue weighted by Crippen LogP contribution is 2.06. The Balaban J connectivity index is 2.27. The van der Waals surface area contributed by atoms with E-state index in [1.54, 1.807) is 6.92 Å². The Labute approximate surface area is 115 Å². The molecule has 0 spiro atoms. The molecule has 6 nitrogen and oxygen atoms in total. The van der Waals surface area contributed by atoms with Crippen LogP contribution in [0.4, 0.5) is 0 Å². The summed E-state index contributed by atoms with van der Waals surface area (Å²) in [7, 11) is -0.0596. The van der Waals surface area contributed by atoms with Gasteiger partial charge in [-0.3, -0.25) is 13.8 Å². The van der Waals surface area contributed by atoms with E-state index in [9.17, 15) is 13.8 Å². The van der Waals surface area contributed by atoms with E-state index in [-0.39, 0.29) is 23.5 Å². The van der Waals surface area contributed by atoms with Crippen molar-refractivity contribution in [1.29, 1.82) is 0 Å². The van der Waals surface area contributed by atoms with Gasteiger partial charge in [0.05, 0.1) is 13.0 Å². The summed E-state index contributed by atoms with van der Waals surface area (Å²) in [5, 5.41) is 2.84. The zero-order valence-corrected chi connectivity index (χ0v) is 12.2. The fourth-order valence-corrected chi connectivity index (χ4v) is 3.05. The van der Waals surface area contributed by atoms with Crippen LogP contribution in [-0.4, -0.2) is 54.0 Å². The number of hydrogen-bond acceptors (Lipinski definition) is 5. The quantitative estimate of drug-likeness (QED) is 0.688. The van der Waals surface area contributed by atoms with Crippen LogP contribution in [0.15, 0.2) is 0 Å². The number of carbonyl (C=O) groups excluding carboxylic acids is 2. The maximum Gasteiger partial charge on any atom is 0.309 e. The lowest BCUT2D eigenvalue weighted by Crippen LogP contribution is -2.41. The molecule has 1 saturated heterocycles. The number of amides is 1. The van der Waals surface area contributed by atoms with E-state index in [0.29, 0.717) is 13.2 Å². The van der Waals surface area contributed by atoms with E-state index in [1.807, 2.05) is 0 Å². The van der Waals surface area contributed by atoms with Crippen LogP contribution >= 0.6 is 0 Å². The molecule has 0 bridgehead atoms. The van der Waals surface area contributed by atoms with Crippen molar-refractivity contribution < 1.29 is 23.3 Å². The topological polar surface area (TPSA) is 81.7 Å². The molecule has 0 aromatic heterocycles. The molecule has 0 aliphatic carbocycles. The lowest BCUT2D eigenvalue weighted by atomic mass is 10.1. The van der Waals surface area contributed by atoms with Gasteiger partial charge < -0.3 is 14.8 Å². The lowest BCUT2D eigenvalue weighted by Gasteiger charge is -2.23. The van der Waals surface area contributed by atoms with E-state index in [4.69, 9.17) is 4.74 Å². The van der Waals surface area contributed by atoms with Gasteiger partial charge in [0, 0.05) is 35.8 Å². The summed E-state index contributed by atoms with van der Waals surface area (Å²) in [6, 6.07) is 0.108. The molecular weight excluding hydrogens is 270 g/mol. The van der Waals surface area contributed by atoms with Crippen LogP contribution in [-0.2, 0) is 29.9 Å². The summed E-state index contributed by atoms with van der Waals surface area (Å²) in [6.07, 6.45) is 1.58. The average Bonchev–Trinajstić information content (AvgIpc) is 2.38. The zero-order valence-electron chi connectivity index (χ0n) is 11.3. The van der Waals surface area contributed by atoms with Crippen molar-refractivity contribution in [2.24, 2.45) is 5.92 Å². The van der Waals surface area contributed by atoms with Gasteiger partial charge in [0.1, 0.15) is 5.75 Å². The summed E-state index contributed by atoms with van der Waals surface area (Å²) in [6.45, 7) is 2.93. The summed E-state index contributed by atoms with van der Waals surface area (Å²) >= 11 is 0. The van der Waals surface area contributed by atoms with Crippen molar-refractivity contribution >= 4 is 22.7 Å². The molecule has 1 N–H and O–H groups in total. The summed E-state index contributed by atoms with van der Waals surface area (Å²) in [5.41, 5.74) is 0. The van der Waals surface area contributed by atoms with Crippen LogP contribution in [0.2, 0.25) is 0 Å². The molecule has 1 fully saturated rings. The largest absolute Gasteiger partial charge is 0.469 e. The molecule has 0 aromatic rings. The van der Waals surface area contributed by atoms with Crippen molar-refractivity contribution in [1.82, 2.24) is 5.32 Å². The number of methoxy groups -OCH3 is 1. The van der Waals surface area contributed by atoms with Crippen molar-refractivity contribution in [3.8, 4) is 0 Å². The van der Waals surface area contributed by atoms with E-state index >= 15 is 0 Å². The molecule has 1 aliphatic heterocycles. The van der Waals surface area contributed by atoms with Gasteiger partial charge >= 0.3 is 5.97 Å². The van der Waals surface area contributed by atoms with Crippen LogP contribution in [0, 0.1) is 5.92 Å². The fourth-order valence-electron chi connectivity index (χ4n) is 1.86. The SMILES string of the molecule is COC(=O)C(C)CS(=O)CC(=O)NC1CCOCC1. The monoisotopic (exact) mass is 291 g/mol. The minimum Gasteiger partial charge on any atom is -0.469 e. The Kier molecular flexibility index (Phi) is 7.01.